The molecule has 4 N–H and O–H groups in total. The van der Waals surface area contributed by atoms with Crippen LogP contribution in [0, 0.1) is 5.53 Å². The Bertz CT molecular complexity index is 1890. The maximum atomic E-state index is 13.6. The van der Waals surface area contributed by atoms with E-state index in [1.807, 2.05) is 36.2 Å². The highest BCUT2D eigenvalue weighted by molar-refractivity contribution is 6.06. The number of aliphatic hydroxyl groups excluding tert-OH is 1. The van der Waals surface area contributed by atoms with E-state index in [2.05, 4.69) is 25.6 Å². The van der Waals surface area contributed by atoms with Gasteiger partial charge in [-0.2, -0.15) is 18.3 Å². The van der Waals surface area contributed by atoms with Gasteiger partial charge in [0, 0.05) is 81.0 Å². The largest absolute Gasteiger partial charge is 0.416 e. The average molecular weight is 700 g/mol. The van der Waals surface area contributed by atoms with Crippen molar-refractivity contribution in [1.82, 2.24) is 15.2 Å². The summed E-state index contributed by atoms with van der Waals surface area (Å²) in [6.07, 6.45) is 2.23. The fourth-order valence-electron chi connectivity index (χ4n) is 5.92. The molecule has 3 aromatic carbocycles. The molecule has 0 atom stereocenters. The van der Waals surface area contributed by atoms with Crippen molar-refractivity contribution in [2.24, 2.45) is 5.11 Å². The van der Waals surface area contributed by atoms with Crippen LogP contribution in [0.1, 0.15) is 63.1 Å². The molecule has 0 bridgehead atoms. The summed E-state index contributed by atoms with van der Waals surface area (Å²) in [5.74, 6) is -0.829. The Balaban J connectivity index is 1.38. The molecule has 1 aliphatic rings. The number of nitrogens with zero attached hydrogens (tertiary/aromatic N) is 4. The van der Waals surface area contributed by atoms with Crippen LogP contribution in [0.5, 0.6) is 0 Å². The molecule has 1 saturated heterocycles. The zero-order chi connectivity index (χ0) is 36.4. The maximum absolute atomic E-state index is 13.6. The minimum atomic E-state index is -4.49. The van der Waals surface area contributed by atoms with Crippen LogP contribution in [0.25, 0.3) is 11.3 Å². The number of aromatic nitrogens is 1. The summed E-state index contributed by atoms with van der Waals surface area (Å²) < 4.78 is 39.6. The van der Waals surface area contributed by atoms with E-state index in [0.29, 0.717) is 40.3 Å². The van der Waals surface area contributed by atoms with Crippen LogP contribution in [0.15, 0.2) is 102 Å². The van der Waals surface area contributed by atoms with E-state index in [9.17, 15) is 27.9 Å². The third-order valence-electron chi connectivity index (χ3n) is 8.48. The van der Waals surface area contributed by atoms with Crippen molar-refractivity contribution < 1.29 is 27.9 Å². The molecule has 4 aromatic rings. The lowest BCUT2D eigenvalue weighted by Crippen LogP contribution is -2.29. The molecule has 51 heavy (non-hydrogen) atoms. The summed E-state index contributed by atoms with van der Waals surface area (Å²) >= 11 is 0. The summed E-state index contributed by atoms with van der Waals surface area (Å²) in [6, 6.07) is 20.8. The van der Waals surface area contributed by atoms with Gasteiger partial charge in [-0.15, -0.1) is 0 Å². The number of alkyl halides is 3. The fraction of sp³-hybridized carbons (Fsp3) is 0.289. The van der Waals surface area contributed by atoms with Gasteiger partial charge in [0.1, 0.15) is 0 Å². The van der Waals surface area contributed by atoms with Crippen LogP contribution in [0.3, 0.4) is 0 Å². The quantitative estimate of drug-likeness (QED) is 0.106. The second kappa shape index (κ2) is 16.9. The van der Waals surface area contributed by atoms with E-state index in [0.717, 1.165) is 55.7 Å². The Morgan fingerprint density at radius 3 is 2.45 bits per heavy atom. The van der Waals surface area contributed by atoms with Gasteiger partial charge in [0.15, 0.2) is 0 Å². The lowest BCUT2D eigenvalue weighted by atomic mass is 10.0. The Kier molecular flexibility index (Phi) is 12.2. The summed E-state index contributed by atoms with van der Waals surface area (Å²) in [6.45, 7) is 2.01. The Morgan fingerprint density at radius 1 is 0.961 bits per heavy atom. The van der Waals surface area contributed by atoms with Crippen molar-refractivity contribution in [1.29, 1.82) is 5.53 Å². The summed E-state index contributed by atoms with van der Waals surface area (Å²) in [4.78, 5) is 35.5. The molecule has 2 amide bonds. The van der Waals surface area contributed by atoms with E-state index >= 15 is 0 Å². The highest BCUT2D eigenvalue weighted by Gasteiger charge is 2.30. The number of pyridine rings is 1. The number of amides is 2. The van der Waals surface area contributed by atoms with Gasteiger partial charge in [0.05, 0.1) is 22.6 Å². The number of hydrogen-bond acceptors (Lipinski definition) is 8. The number of benzene rings is 3. The number of rotatable bonds is 13. The van der Waals surface area contributed by atoms with Gasteiger partial charge in [0.25, 0.3) is 11.8 Å². The van der Waals surface area contributed by atoms with Gasteiger partial charge in [-0.1, -0.05) is 24.3 Å². The number of carbonyl (C=O) groups excluding carboxylic acids is 2. The number of piperidine rings is 1. The molecule has 1 aromatic heterocycles. The zero-order valence-corrected chi connectivity index (χ0v) is 28.2. The van der Waals surface area contributed by atoms with Crippen LogP contribution >= 0.6 is 0 Å². The normalized spacial score (nSPS) is 13.4. The predicted octanol–water partition coefficient (Wildman–Crippen LogP) is 7.63. The van der Waals surface area contributed by atoms with Crippen LogP contribution < -0.4 is 15.5 Å². The van der Waals surface area contributed by atoms with E-state index < -0.39 is 17.6 Å². The summed E-state index contributed by atoms with van der Waals surface area (Å²) in [5.41, 5.74) is 11.3. The number of aliphatic hydroxyl groups is 1. The third kappa shape index (κ3) is 10.0. The molecule has 0 aliphatic carbocycles. The fourth-order valence-corrected chi connectivity index (χ4v) is 5.92. The van der Waals surface area contributed by atoms with E-state index in [4.69, 9.17) is 5.53 Å². The van der Waals surface area contributed by atoms with Crippen LogP contribution in [-0.4, -0.2) is 53.5 Å². The number of anilines is 2. The van der Waals surface area contributed by atoms with Crippen molar-refractivity contribution in [2.45, 2.75) is 44.9 Å². The van der Waals surface area contributed by atoms with Crippen LogP contribution in [-0.2, 0) is 19.3 Å². The molecule has 0 radical (unpaired) electrons. The smallest absolute Gasteiger partial charge is 0.396 e. The SMILES string of the molecule is CN(C=C(CCO)N=N)Cc1cccc(C(=O)Nc2ccc(N3CCCCC3)cc2-c2cc(C(=O)NCc3cccc(C(F)(F)F)c3)ccn2)c1. The first kappa shape index (κ1) is 36.7. The number of nitrogens with one attached hydrogen (secondary N) is 3. The first-order chi connectivity index (χ1) is 24.5. The molecule has 1 aliphatic heterocycles. The van der Waals surface area contributed by atoms with E-state index in [-0.39, 0.29) is 31.0 Å². The highest BCUT2D eigenvalue weighted by atomic mass is 19.4. The molecule has 10 nitrogen and oxygen atoms in total. The number of halogens is 3. The monoisotopic (exact) mass is 699 g/mol. The van der Waals surface area contributed by atoms with Gasteiger partial charge in [-0.3, -0.25) is 14.6 Å². The van der Waals surface area contributed by atoms with Crippen molar-refractivity contribution in [2.75, 3.05) is 37.0 Å². The highest BCUT2D eigenvalue weighted by Crippen LogP contribution is 2.33. The van der Waals surface area contributed by atoms with E-state index in [1.54, 1.807) is 30.5 Å². The van der Waals surface area contributed by atoms with Crippen molar-refractivity contribution in [3.63, 3.8) is 0 Å². The molecular weight excluding hydrogens is 659 g/mol. The maximum Gasteiger partial charge on any atom is 0.416 e. The number of hydrogen-bond donors (Lipinski definition) is 4. The molecule has 266 valence electrons. The number of carbonyl (C=O) groups is 2. The van der Waals surface area contributed by atoms with Crippen LogP contribution in [0.4, 0.5) is 24.5 Å². The molecule has 0 saturated carbocycles. The summed E-state index contributed by atoms with van der Waals surface area (Å²) in [7, 11) is 1.82. The van der Waals surface area contributed by atoms with Crippen molar-refractivity contribution >= 4 is 23.2 Å². The predicted molar refractivity (Wildman–Crippen MR) is 189 cm³/mol. The Morgan fingerprint density at radius 2 is 1.71 bits per heavy atom. The molecule has 0 unspecified atom stereocenters. The lowest BCUT2D eigenvalue weighted by Gasteiger charge is -2.29. The van der Waals surface area contributed by atoms with Crippen molar-refractivity contribution in [3.05, 3.63) is 125 Å². The van der Waals surface area contributed by atoms with Gasteiger partial charge in [-0.05, 0) is 85.0 Å². The molecule has 13 heteroatoms. The minimum absolute atomic E-state index is 0.0965. The lowest BCUT2D eigenvalue weighted by molar-refractivity contribution is -0.137. The van der Waals surface area contributed by atoms with Gasteiger partial charge in [-0.25, -0.2) is 5.53 Å². The molecule has 5 rings (SSSR count). The van der Waals surface area contributed by atoms with Crippen LogP contribution in [0.2, 0.25) is 0 Å². The second-order valence-corrected chi connectivity index (χ2v) is 12.4. The first-order valence-electron chi connectivity index (χ1n) is 16.6. The summed E-state index contributed by atoms with van der Waals surface area (Å²) in [5, 5.41) is 18.4. The average Bonchev–Trinajstić information content (AvgIpc) is 3.14. The van der Waals surface area contributed by atoms with E-state index in [1.165, 1.54) is 24.4 Å². The Labute approximate surface area is 294 Å². The Hall–Kier alpha value is -5.56. The molecule has 1 fully saturated rings. The van der Waals surface area contributed by atoms with Gasteiger partial charge in [0.2, 0.25) is 0 Å². The zero-order valence-electron chi connectivity index (χ0n) is 28.2. The topological polar surface area (TPSA) is 134 Å². The van der Waals surface area contributed by atoms with Gasteiger partial charge >= 0.3 is 6.18 Å². The van der Waals surface area contributed by atoms with Crippen molar-refractivity contribution in [3.8, 4) is 11.3 Å². The molecular formula is C38H40F3N7O3. The molecule has 2 heterocycles. The van der Waals surface area contributed by atoms with Gasteiger partial charge < -0.3 is 25.5 Å². The molecule has 0 spiro atoms. The standard InChI is InChI=1S/C38H40F3N7O3/c1-47(25-31(46-42)14-18-49)24-27-8-5-9-28(19-27)37(51)45-34-12-11-32(48-16-3-2-4-17-48)22-33(34)35-21-29(13-15-43-35)36(50)44-23-26-7-6-10-30(20-26)38(39,40)41/h5-13,15,19-22,25,42,49H,2-4,14,16-18,23-24H2,1H3,(H,44,50)(H,45,51). The third-order valence-corrected chi connectivity index (χ3v) is 8.48. The second-order valence-electron chi connectivity index (χ2n) is 12.4. The first-order valence-corrected chi connectivity index (χ1v) is 16.6. The minimum Gasteiger partial charge on any atom is -0.396 e.